The van der Waals surface area contributed by atoms with E-state index in [2.05, 4.69) is 0 Å². The molecule has 3 aliphatic rings. The average molecular weight is 507 g/mol. The standard InChI is InChI=1S/C28H30N2O7/c1-28(37)21-17(23(30(2)3)26(35)22(28)27(29)36)11-13-10-16-15(12-4-6-14(31)7-5-12)8-9-18(32)20(16)24(33)19(13)25(21)34/h4-9,13,17,21,23,31-33,35,37H,10-11H2,1-3H3,(H2,29,36)/t13?,17?,21?,23-,28?/m0/s1. The second-order valence-corrected chi connectivity index (χ2v) is 10.6. The summed E-state index contributed by atoms with van der Waals surface area (Å²) >= 11 is 0. The smallest absolute Gasteiger partial charge is 0.251 e. The van der Waals surface area contributed by atoms with E-state index in [0.29, 0.717) is 18.4 Å². The number of primary amides is 1. The van der Waals surface area contributed by atoms with Crippen molar-refractivity contribution >= 4 is 17.4 Å². The number of hydrogen-bond donors (Lipinski definition) is 6. The molecule has 194 valence electrons. The van der Waals surface area contributed by atoms with Gasteiger partial charge in [0, 0.05) is 5.57 Å². The first-order valence-corrected chi connectivity index (χ1v) is 12.1. The maximum absolute atomic E-state index is 14.0. The van der Waals surface area contributed by atoms with Crippen molar-refractivity contribution in [2.75, 3.05) is 14.1 Å². The predicted molar refractivity (Wildman–Crippen MR) is 136 cm³/mol. The fourth-order valence-corrected chi connectivity index (χ4v) is 6.80. The van der Waals surface area contributed by atoms with Gasteiger partial charge < -0.3 is 31.3 Å². The van der Waals surface area contributed by atoms with Gasteiger partial charge in [-0.3, -0.25) is 14.5 Å². The molecular formula is C28H30N2O7. The summed E-state index contributed by atoms with van der Waals surface area (Å²) < 4.78 is 0. The second kappa shape index (κ2) is 8.36. The molecule has 0 bridgehead atoms. The van der Waals surface area contributed by atoms with Crippen LogP contribution >= 0.6 is 0 Å². The quantitative estimate of drug-likeness (QED) is 0.369. The monoisotopic (exact) mass is 506 g/mol. The third-order valence-electron chi connectivity index (χ3n) is 8.21. The molecule has 2 aromatic rings. The molecule has 0 aliphatic heterocycles. The summed E-state index contributed by atoms with van der Waals surface area (Å²) in [5, 5.41) is 54.3. The molecule has 0 saturated heterocycles. The van der Waals surface area contributed by atoms with Gasteiger partial charge in [0.1, 0.15) is 28.6 Å². The zero-order valence-corrected chi connectivity index (χ0v) is 20.8. The molecule has 1 amide bonds. The minimum Gasteiger partial charge on any atom is -0.510 e. The minimum absolute atomic E-state index is 0.0925. The molecule has 1 fully saturated rings. The van der Waals surface area contributed by atoms with Gasteiger partial charge in [-0.25, -0.2) is 0 Å². The van der Waals surface area contributed by atoms with Crippen LogP contribution in [-0.2, 0) is 16.0 Å². The zero-order valence-electron chi connectivity index (χ0n) is 20.8. The van der Waals surface area contributed by atoms with Crippen molar-refractivity contribution in [2.45, 2.75) is 31.4 Å². The number of likely N-dealkylation sites (N-methyl/N-ethyl adjacent to an activating group) is 1. The summed E-state index contributed by atoms with van der Waals surface area (Å²) in [6.45, 7) is 1.29. The van der Waals surface area contributed by atoms with Crippen molar-refractivity contribution < 1.29 is 35.1 Å². The predicted octanol–water partition coefficient (Wildman–Crippen LogP) is 2.40. The van der Waals surface area contributed by atoms with Gasteiger partial charge in [0.15, 0.2) is 5.78 Å². The van der Waals surface area contributed by atoms with Gasteiger partial charge in [0.05, 0.1) is 23.1 Å². The molecule has 1 saturated carbocycles. The van der Waals surface area contributed by atoms with E-state index in [0.717, 1.165) is 11.1 Å². The highest BCUT2D eigenvalue weighted by Crippen LogP contribution is 2.54. The number of aliphatic hydroxyl groups is 3. The highest BCUT2D eigenvalue weighted by Gasteiger charge is 2.60. The van der Waals surface area contributed by atoms with Crippen molar-refractivity contribution in [3.05, 3.63) is 64.4 Å². The van der Waals surface area contributed by atoms with Crippen LogP contribution in [0.1, 0.15) is 24.5 Å². The van der Waals surface area contributed by atoms with Gasteiger partial charge in [-0.1, -0.05) is 18.2 Å². The minimum atomic E-state index is -2.06. The van der Waals surface area contributed by atoms with E-state index >= 15 is 0 Å². The first-order chi connectivity index (χ1) is 17.4. The molecule has 7 N–H and O–H groups in total. The van der Waals surface area contributed by atoms with Crippen molar-refractivity contribution in [1.82, 2.24) is 4.90 Å². The molecule has 9 nitrogen and oxygen atoms in total. The summed E-state index contributed by atoms with van der Waals surface area (Å²) in [6.07, 6.45) is 0.652. The van der Waals surface area contributed by atoms with Crippen LogP contribution in [0.5, 0.6) is 11.5 Å². The fraction of sp³-hybridized carbons (Fsp3) is 0.357. The molecule has 0 spiro atoms. The number of nitrogens with zero attached hydrogens (tertiary/aromatic N) is 1. The van der Waals surface area contributed by atoms with Gasteiger partial charge >= 0.3 is 0 Å². The van der Waals surface area contributed by atoms with Crippen LogP contribution in [0.25, 0.3) is 16.9 Å². The SMILES string of the molecule is CN(C)[C@@H]1C(O)=C(C(N)=O)C(C)(O)C2C(=O)C3=C(O)c4c(O)ccc(-c5ccc(O)cc5)c4CC3CC21. The Hall–Kier alpha value is -3.82. The number of phenolic OH excluding ortho intramolecular Hbond substituents is 2. The first-order valence-electron chi connectivity index (χ1n) is 12.1. The Morgan fingerprint density at radius 3 is 2.30 bits per heavy atom. The Morgan fingerprint density at radius 1 is 1.05 bits per heavy atom. The number of ketones is 1. The number of aliphatic hydroxyl groups excluding tert-OH is 2. The third kappa shape index (κ3) is 3.53. The fourth-order valence-electron chi connectivity index (χ4n) is 6.80. The van der Waals surface area contributed by atoms with Crippen LogP contribution in [0.2, 0.25) is 0 Å². The summed E-state index contributed by atoms with van der Waals surface area (Å²) in [4.78, 5) is 28.0. The van der Waals surface area contributed by atoms with E-state index in [4.69, 9.17) is 5.73 Å². The Morgan fingerprint density at radius 2 is 1.70 bits per heavy atom. The number of fused-ring (bicyclic) bond motifs is 3. The van der Waals surface area contributed by atoms with Crippen molar-refractivity contribution in [3.63, 3.8) is 0 Å². The Balaban J connectivity index is 1.70. The molecule has 37 heavy (non-hydrogen) atoms. The van der Waals surface area contributed by atoms with E-state index in [1.54, 1.807) is 49.3 Å². The molecule has 5 atom stereocenters. The number of benzene rings is 2. The number of allylic oxidation sites excluding steroid dienone is 1. The molecule has 9 heteroatoms. The molecule has 0 aromatic heterocycles. The number of aromatic hydroxyl groups is 2. The average Bonchev–Trinajstić information content (AvgIpc) is 2.78. The lowest BCUT2D eigenvalue weighted by atomic mass is 9.55. The van der Waals surface area contributed by atoms with Crippen LogP contribution in [0.15, 0.2) is 53.3 Å². The number of hydrogen-bond acceptors (Lipinski definition) is 8. The van der Waals surface area contributed by atoms with Crippen molar-refractivity contribution in [2.24, 2.45) is 23.5 Å². The molecule has 5 rings (SSSR count). The molecule has 3 aliphatic carbocycles. The number of amides is 1. The van der Waals surface area contributed by atoms with E-state index in [1.807, 2.05) is 0 Å². The summed E-state index contributed by atoms with van der Waals surface area (Å²) in [7, 11) is 3.42. The highest BCUT2D eigenvalue weighted by molar-refractivity contribution is 6.08. The largest absolute Gasteiger partial charge is 0.510 e. The highest BCUT2D eigenvalue weighted by atomic mass is 16.3. The Labute approximate surface area is 213 Å². The topological polar surface area (TPSA) is 165 Å². The maximum atomic E-state index is 14.0. The van der Waals surface area contributed by atoms with Gasteiger partial charge in [0.25, 0.3) is 5.91 Å². The van der Waals surface area contributed by atoms with Crippen LogP contribution < -0.4 is 5.73 Å². The van der Waals surface area contributed by atoms with Crippen molar-refractivity contribution in [3.8, 4) is 22.6 Å². The second-order valence-electron chi connectivity index (χ2n) is 10.6. The van der Waals surface area contributed by atoms with E-state index in [9.17, 15) is 35.1 Å². The van der Waals surface area contributed by atoms with Crippen LogP contribution in [0.4, 0.5) is 0 Å². The molecule has 2 aromatic carbocycles. The summed E-state index contributed by atoms with van der Waals surface area (Å²) in [6, 6.07) is 8.98. The Kier molecular flexibility index (Phi) is 5.61. The van der Waals surface area contributed by atoms with Gasteiger partial charge in [-0.2, -0.15) is 0 Å². The van der Waals surface area contributed by atoms with Crippen molar-refractivity contribution in [1.29, 1.82) is 0 Å². The molecule has 0 heterocycles. The third-order valence-corrected chi connectivity index (χ3v) is 8.21. The lowest BCUT2D eigenvalue weighted by Crippen LogP contribution is -2.61. The number of Topliss-reactive ketones (excluding diaryl/α,β-unsaturated/α-hetero) is 1. The van der Waals surface area contributed by atoms with E-state index < -0.39 is 46.7 Å². The number of carbonyl (C=O) groups is 2. The molecular weight excluding hydrogens is 476 g/mol. The number of rotatable bonds is 3. The maximum Gasteiger partial charge on any atom is 0.251 e. The molecule has 0 radical (unpaired) electrons. The van der Waals surface area contributed by atoms with Crippen LogP contribution in [0.3, 0.4) is 0 Å². The normalized spacial score (nSPS) is 29.2. The van der Waals surface area contributed by atoms with E-state index in [-0.39, 0.29) is 34.2 Å². The van der Waals surface area contributed by atoms with Gasteiger partial charge in [-0.15, -0.1) is 0 Å². The number of nitrogens with two attached hydrogens (primary N) is 1. The first kappa shape index (κ1) is 24.9. The Bertz CT molecular complexity index is 1390. The summed E-state index contributed by atoms with van der Waals surface area (Å²) in [5.41, 5.74) is 5.47. The van der Waals surface area contributed by atoms with Gasteiger partial charge in [-0.05, 0) is 80.6 Å². The van der Waals surface area contributed by atoms with Crippen LogP contribution in [-0.4, -0.2) is 67.9 Å². The summed E-state index contributed by atoms with van der Waals surface area (Å²) in [5.74, 6) is -4.53. The lowest BCUT2D eigenvalue weighted by molar-refractivity contribution is -0.139. The van der Waals surface area contributed by atoms with E-state index in [1.165, 1.54) is 13.0 Å². The zero-order chi connectivity index (χ0) is 27.0. The number of carbonyl (C=O) groups excluding carboxylic acids is 2. The lowest BCUT2D eigenvalue weighted by Gasteiger charge is -2.52. The van der Waals surface area contributed by atoms with Gasteiger partial charge in [0.2, 0.25) is 0 Å². The molecule has 4 unspecified atom stereocenters. The number of phenols is 2. The van der Waals surface area contributed by atoms with Crippen LogP contribution in [0, 0.1) is 17.8 Å².